The Hall–Kier alpha value is -2.81. The predicted octanol–water partition coefficient (Wildman–Crippen LogP) is 3.34. The van der Waals surface area contributed by atoms with Gasteiger partial charge in [0, 0.05) is 12.6 Å². The molecule has 1 heterocycles. The maximum atomic E-state index is 13.7. The molecular weight excluding hydrogens is 375 g/mol. The lowest BCUT2D eigenvalue weighted by Gasteiger charge is -2.16. The summed E-state index contributed by atoms with van der Waals surface area (Å²) in [5, 5.41) is 8.79. The normalized spacial score (nSPS) is 11.9. The van der Waals surface area contributed by atoms with E-state index in [1.54, 1.807) is 0 Å². The molecule has 0 saturated heterocycles. The number of carboxylic acids is 1. The average Bonchev–Trinajstić information content (AvgIpc) is 2.52. The van der Waals surface area contributed by atoms with Gasteiger partial charge in [0.05, 0.1) is 11.3 Å². The third kappa shape index (κ3) is 5.33. The van der Waals surface area contributed by atoms with Gasteiger partial charge < -0.3 is 5.11 Å². The molecule has 2 rings (SSSR count). The summed E-state index contributed by atoms with van der Waals surface area (Å²) in [6, 6.07) is 5.42. The van der Waals surface area contributed by atoms with Gasteiger partial charge >= 0.3 is 5.97 Å². The molecule has 0 bridgehead atoms. The molecule has 1 aromatic heterocycles. The quantitative estimate of drug-likeness (QED) is 0.727. The number of aromatic carboxylic acids is 1. The maximum Gasteiger partial charge on any atom is 0.338 e. The van der Waals surface area contributed by atoms with Gasteiger partial charge in [-0.25, -0.2) is 17.6 Å². The Labute approximate surface area is 156 Å². The molecule has 0 radical (unpaired) electrons. The number of nitrogens with zero attached hydrogens (tertiary/aromatic N) is 1. The summed E-state index contributed by atoms with van der Waals surface area (Å²) in [5.74, 6) is -2.73. The lowest BCUT2D eigenvalue weighted by Crippen LogP contribution is -2.16. The van der Waals surface area contributed by atoms with E-state index in [2.05, 4.69) is 9.71 Å². The standard InChI is InChI=1S/C18H19FN2O5S/c1-18(2,3)9-16(22)15-7-5-12(10-20-15)27(25,26)21-11-4-6-13(17(23)24)14(19)8-11/h4-8,10,21H,9H2,1-3H3,(H,23,24). The van der Waals surface area contributed by atoms with E-state index < -0.39 is 27.4 Å². The highest BCUT2D eigenvalue weighted by molar-refractivity contribution is 7.92. The number of sulfonamides is 1. The fraction of sp³-hybridized carbons (Fsp3) is 0.278. The summed E-state index contributed by atoms with van der Waals surface area (Å²) in [4.78, 5) is 26.6. The first-order chi connectivity index (χ1) is 12.4. The van der Waals surface area contributed by atoms with Crippen LogP contribution in [0.15, 0.2) is 41.4 Å². The summed E-state index contributed by atoms with van der Waals surface area (Å²) in [6.45, 7) is 5.72. The predicted molar refractivity (Wildman–Crippen MR) is 96.8 cm³/mol. The highest BCUT2D eigenvalue weighted by Gasteiger charge is 2.20. The van der Waals surface area contributed by atoms with E-state index in [0.29, 0.717) is 0 Å². The Bertz CT molecular complexity index is 980. The number of anilines is 1. The zero-order valence-electron chi connectivity index (χ0n) is 15.0. The van der Waals surface area contributed by atoms with Crippen molar-refractivity contribution in [2.75, 3.05) is 4.72 Å². The van der Waals surface area contributed by atoms with Crippen LogP contribution >= 0.6 is 0 Å². The van der Waals surface area contributed by atoms with Gasteiger partial charge in [-0.2, -0.15) is 0 Å². The van der Waals surface area contributed by atoms with Crippen molar-refractivity contribution in [1.29, 1.82) is 0 Å². The molecule has 0 aliphatic carbocycles. The molecule has 0 unspecified atom stereocenters. The van der Waals surface area contributed by atoms with Crippen molar-refractivity contribution >= 4 is 27.5 Å². The average molecular weight is 394 g/mol. The van der Waals surface area contributed by atoms with Crippen LogP contribution in [0.5, 0.6) is 0 Å². The summed E-state index contributed by atoms with van der Waals surface area (Å²) >= 11 is 0. The number of pyridine rings is 1. The second kappa shape index (κ2) is 7.43. The minimum absolute atomic E-state index is 0.134. The highest BCUT2D eigenvalue weighted by atomic mass is 32.2. The van der Waals surface area contributed by atoms with Crippen LogP contribution in [-0.4, -0.2) is 30.3 Å². The lowest BCUT2D eigenvalue weighted by molar-refractivity contribution is 0.0691. The summed E-state index contributed by atoms with van der Waals surface area (Å²) < 4.78 is 40.6. The van der Waals surface area contributed by atoms with Gasteiger partial charge in [0.25, 0.3) is 10.0 Å². The third-order valence-electron chi connectivity index (χ3n) is 3.47. The van der Waals surface area contributed by atoms with Crippen molar-refractivity contribution in [3.8, 4) is 0 Å². The van der Waals surface area contributed by atoms with Crippen molar-refractivity contribution in [2.24, 2.45) is 5.41 Å². The molecule has 2 aromatic rings. The van der Waals surface area contributed by atoms with E-state index in [-0.39, 0.29) is 33.9 Å². The molecule has 1 aromatic carbocycles. The minimum atomic E-state index is -4.08. The zero-order chi connectivity index (χ0) is 20.4. The Balaban J connectivity index is 2.21. The molecule has 0 amide bonds. The van der Waals surface area contributed by atoms with Crippen LogP contribution in [0.25, 0.3) is 0 Å². The number of nitrogens with one attached hydrogen (secondary N) is 1. The van der Waals surface area contributed by atoms with Crippen molar-refractivity contribution in [3.05, 3.63) is 53.6 Å². The van der Waals surface area contributed by atoms with E-state index in [4.69, 9.17) is 5.11 Å². The van der Waals surface area contributed by atoms with Crippen LogP contribution in [0.4, 0.5) is 10.1 Å². The van der Waals surface area contributed by atoms with Gasteiger partial charge in [0.15, 0.2) is 5.78 Å². The molecule has 0 saturated carbocycles. The van der Waals surface area contributed by atoms with Crippen LogP contribution in [0.1, 0.15) is 48.0 Å². The number of hydrogen-bond donors (Lipinski definition) is 2. The zero-order valence-corrected chi connectivity index (χ0v) is 15.8. The third-order valence-corrected chi connectivity index (χ3v) is 4.84. The number of rotatable bonds is 6. The Morgan fingerprint density at radius 2 is 1.85 bits per heavy atom. The summed E-state index contributed by atoms with van der Waals surface area (Å²) in [6.07, 6.45) is 1.31. The molecule has 9 heteroatoms. The molecule has 2 N–H and O–H groups in total. The molecule has 0 fully saturated rings. The fourth-order valence-corrected chi connectivity index (χ4v) is 3.24. The molecule has 0 atom stereocenters. The van der Waals surface area contributed by atoms with Crippen LogP contribution in [0, 0.1) is 11.2 Å². The number of carbonyl (C=O) groups excluding carboxylic acids is 1. The molecule has 7 nitrogen and oxygen atoms in total. The number of benzene rings is 1. The summed E-state index contributed by atoms with van der Waals surface area (Å²) in [7, 11) is -4.08. The number of Topliss-reactive ketones (excluding diaryl/α,β-unsaturated/α-hetero) is 1. The van der Waals surface area contributed by atoms with Gasteiger partial charge in [-0.05, 0) is 35.7 Å². The van der Waals surface area contributed by atoms with Crippen molar-refractivity contribution < 1.29 is 27.5 Å². The second-order valence-corrected chi connectivity index (χ2v) is 8.83. The number of carboxylic acid groups (broad SMARTS) is 1. The van der Waals surface area contributed by atoms with Gasteiger partial charge in [0.1, 0.15) is 16.4 Å². The van der Waals surface area contributed by atoms with Gasteiger partial charge in [-0.3, -0.25) is 14.5 Å². The van der Waals surface area contributed by atoms with Crippen LogP contribution < -0.4 is 4.72 Å². The minimum Gasteiger partial charge on any atom is -0.478 e. The Morgan fingerprint density at radius 3 is 2.33 bits per heavy atom. The van der Waals surface area contributed by atoms with E-state index in [0.717, 1.165) is 24.4 Å². The van der Waals surface area contributed by atoms with E-state index in [1.807, 2.05) is 20.8 Å². The first-order valence-corrected chi connectivity index (χ1v) is 9.42. The lowest BCUT2D eigenvalue weighted by atomic mass is 9.89. The molecule has 0 aliphatic heterocycles. The first-order valence-electron chi connectivity index (χ1n) is 7.94. The topological polar surface area (TPSA) is 113 Å². The molecule has 0 aliphatic rings. The van der Waals surface area contributed by atoms with Crippen molar-refractivity contribution in [3.63, 3.8) is 0 Å². The number of hydrogen-bond acceptors (Lipinski definition) is 5. The Kier molecular flexibility index (Phi) is 5.65. The van der Waals surface area contributed by atoms with E-state index in [9.17, 15) is 22.4 Å². The monoisotopic (exact) mass is 394 g/mol. The van der Waals surface area contributed by atoms with Crippen LogP contribution in [-0.2, 0) is 10.0 Å². The molecule has 27 heavy (non-hydrogen) atoms. The van der Waals surface area contributed by atoms with Gasteiger partial charge in [-0.1, -0.05) is 20.8 Å². The smallest absolute Gasteiger partial charge is 0.338 e. The van der Waals surface area contributed by atoms with E-state index in [1.165, 1.54) is 12.1 Å². The fourth-order valence-electron chi connectivity index (χ4n) is 2.24. The van der Waals surface area contributed by atoms with Crippen molar-refractivity contribution in [2.45, 2.75) is 32.1 Å². The molecule has 0 spiro atoms. The Morgan fingerprint density at radius 1 is 1.19 bits per heavy atom. The molecule has 144 valence electrons. The SMILES string of the molecule is CC(C)(C)CC(=O)c1ccc(S(=O)(=O)Nc2ccc(C(=O)O)c(F)c2)cn1. The van der Waals surface area contributed by atoms with Crippen LogP contribution in [0.3, 0.4) is 0 Å². The maximum absolute atomic E-state index is 13.7. The highest BCUT2D eigenvalue weighted by Crippen LogP contribution is 2.22. The first kappa shape index (κ1) is 20.5. The largest absolute Gasteiger partial charge is 0.478 e. The van der Waals surface area contributed by atoms with Crippen molar-refractivity contribution in [1.82, 2.24) is 4.98 Å². The summed E-state index contributed by atoms with van der Waals surface area (Å²) in [5.41, 5.74) is -0.774. The number of carbonyl (C=O) groups is 2. The number of aromatic nitrogens is 1. The van der Waals surface area contributed by atoms with Gasteiger partial charge in [-0.15, -0.1) is 0 Å². The molecular formula is C18H19FN2O5S. The van der Waals surface area contributed by atoms with Gasteiger partial charge in [0.2, 0.25) is 0 Å². The number of ketones is 1. The number of halogens is 1. The van der Waals surface area contributed by atoms with E-state index >= 15 is 0 Å². The van der Waals surface area contributed by atoms with Crippen LogP contribution in [0.2, 0.25) is 0 Å². The second-order valence-electron chi connectivity index (χ2n) is 7.15.